The highest BCUT2D eigenvalue weighted by Crippen LogP contribution is 2.31. The number of pyridine rings is 1. The first-order chi connectivity index (χ1) is 15.0. The number of hydrogen-bond acceptors (Lipinski definition) is 10. The Hall–Kier alpha value is -3.67. The summed E-state index contributed by atoms with van der Waals surface area (Å²) in [5.74, 6) is -0.180. The summed E-state index contributed by atoms with van der Waals surface area (Å²) in [6, 6.07) is 9.61. The number of ether oxygens (including phenoxy) is 2. The summed E-state index contributed by atoms with van der Waals surface area (Å²) in [7, 11) is 1.42. The van der Waals surface area contributed by atoms with Crippen molar-refractivity contribution in [1.82, 2.24) is 10.2 Å². The van der Waals surface area contributed by atoms with E-state index < -0.39 is 11.6 Å². The van der Waals surface area contributed by atoms with Gasteiger partial charge in [0.2, 0.25) is 23.0 Å². The number of nitrogens with zero attached hydrogens (tertiary/aromatic N) is 3. The maximum Gasteiger partial charge on any atom is 0.262 e. The fourth-order valence-corrected chi connectivity index (χ4v) is 3.44. The number of fused-ring (bicyclic) bond motifs is 1. The van der Waals surface area contributed by atoms with Crippen LogP contribution in [0.4, 0.5) is 5.82 Å². The standard InChI is InChI=1S/C20H21N5O6/c1-29-20-14(6-7-15(22-20)24-8-10-30-11-9-24)31-25(23-28)17-16(21)18(26)12-4-2-3-5-13(12)19(17)27/h2-7,23,28H,8-11,21H2,1H3/p+1. The molecule has 1 aliphatic heterocycles. The number of Topliss-reactive ketones (excluding diaryl/α,β-unsaturated/α-hetero) is 2. The Morgan fingerprint density at radius 1 is 1.13 bits per heavy atom. The summed E-state index contributed by atoms with van der Waals surface area (Å²) in [4.78, 5) is 37.7. The second kappa shape index (κ2) is 8.60. The van der Waals surface area contributed by atoms with Crippen molar-refractivity contribution in [3.8, 4) is 11.6 Å². The van der Waals surface area contributed by atoms with E-state index in [1.165, 1.54) is 19.2 Å². The van der Waals surface area contributed by atoms with Crippen LogP contribution in [0.3, 0.4) is 0 Å². The van der Waals surface area contributed by atoms with Crippen LogP contribution in [0.1, 0.15) is 20.7 Å². The lowest BCUT2D eigenvalue weighted by Gasteiger charge is -2.28. The predicted molar refractivity (Wildman–Crippen MR) is 106 cm³/mol. The minimum atomic E-state index is -0.560. The molecule has 11 nitrogen and oxygen atoms in total. The van der Waals surface area contributed by atoms with Crippen LogP contribution in [0.5, 0.6) is 11.6 Å². The number of quaternary nitrogens is 1. The van der Waals surface area contributed by atoms with Gasteiger partial charge in [-0.3, -0.25) is 9.59 Å². The minimum Gasteiger partial charge on any atom is -0.478 e. The van der Waals surface area contributed by atoms with Crippen LogP contribution in [0.25, 0.3) is 0 Å². The Labute approximate surface area is 177 Å². The molecule has 0 spiro atoms. The lowest BCUT2D eigenvalue weighted by Crippen LogP contribution is -2.92. The highest BCUT2D eigenvalue weighted by atomic mass is 16.8. The average Bonchev–Trinajstić information content (AvgIpc) is 2.82. The Bertz CT molecular complexity index is 1050. The summed E-state index contributed by atoms with van der Waals surface area (Å²) in [6.07, 6.45) is 0. The number of methoxy groups -OCH3 is 1. The number of allylic oxidation sites excluding steroid dienone is 2. The molecule has 0 bridgehead atoms. The molecule has 1 fully saturated rings. The van der Waals surface area contributed by atoms with Crippen molar-refractivity contribution in [3.63, 3.8) is 0 Å². The van der Waals surface area contributed by atoms with Crippen LogP contribution in [0, 0.1) is 0 Å². The lowest BCUT2D eigenvalue weighted by molar-refractivity contribution is -1.02. The SMILES string of the molecule is COc1nc(N2CCOCC2)ccc1ON([NH2+]O)C1=C(N)C(=O)c2ccccc2C1=O. The largest absolute Gasteiger partial charge is 0.478 e. The molecule has 5 N–H and O–H groups in total. The number of morpholine rings is 1. The summed E-state index contributed by atoms with van der Waals surface area (Å²) in [5.41, 5.74) is 6.17. The molecule has 162 valence electrons. The number of hydroxylamine groups is 1. The zero-order valence-corrected chi connectivity index (χ0v) is 16.8. The van der Waals surface area contributed by atoms with Gasteiger partial charge in [0.05, 0.1) is 20.3 Å². The third-order valence-electron chi connectivity index (χ3n) is 4.99. The number of ketones is 2. The van der Waals surface area contributed by atoms with Crippen molar-refractivity contribution in [2.24, 2.45) is 5.73 Å². The van der Waals surface area contributed by atoms with E-state index in [4.69, 9.17) is 20.0 Å². The second-order valence-corrected chi connectivity index (χ2v) is 6.77. The Balaban J connectivity index is 1.64. The Morgan fingerprint density at radius 3 is 2.45 bits per heavy atom. The third-order valence-corrected chi connectivity index (χ3v) is 4.99. The summed E-state index contributed by atoms with van der Waals surface area (Å²) < 4.78 is 10.7. The van der Waals surface area contributed by atoms with Gasteiger partial charge in [-0.05, 0) is 17.3 Å². The normalized spacial score (nSPS) is 16.3. The van der Waals surface area contributed by atoms with E-state index >= 15 is 0 Å². The molecule has 2 heterocycles. The molecule has 0 atom stereocenters. The van der Waals surface area contributed by atoms with E-state index in [0.29, 0.717) is 37.7 Å². The molecule has 4 rings (SSSR count). The van der Waals surface area contributed by atoms with Crippen LogP contribution >= 0.6 is 0 Å². The first-order valence-corrected chi connectivity index (χ1v) is 9.55. The van der Waals surface area contributed by atoms with E-state index in [2.05, 4.69) is 4.98 Å². The van der Waals surface area contributed by atoms with Gasteiger partial charge in [0.15, 0.2) is 0 Å². The van der Waals surface area contributed by atoms with E-state index in [0.717, 1.165) is 5.17 Å². The van der Waals surface area contributed by atoms with Gasteiger partial charge in [-0.2, -0.15) is 10.2 Å². The number of rotatable bonds is 6. The van der Waals surface area contributed by atoms with Gasteiger partial charge in [-0.25, -0.2) is 0 Å². The van der Waals surface area contributed by atoms with Crippen molar-refractivity contribution < 1.29 is 34.7 Å². The van der Waals surface area contributed by atoms with Crippen molar-refractivity contribution >= 4 is 17.4 Å². The highest BCUT2D eigenvalue weighted by molar-refractivity contribution is 6.26. The number of carbonyl (C=O) groups is 2. The molecule has 0 radical (unpaired) electrons. The molecule has 2 aromatic rings. The van der Waals surface area contributed by atoms with Gasteiger partial charge in [0.25, 0.3) is 5.88 Å². The number of carbonyl (C=O) groups excluding carboxylic acids is 2. The van der Waals surface area contributed by atoms with Crippen LogP contribution in [-0.4, -0.2) is 60.3 Å². The first kappa shape index (κ1) is 20.6. The van der Waals surface area contributed by atoms with E-state index in [1.807, 2.05) is 4.90 Å². The molecule has 2 aliphatic rings. The third kappa shape index (κ3) is 3.77. The molecule has 31 heavy (non-hydrogen) atoms. The second-order valence-electron chi connectivity index (χ2n) is 6.77. The molecule has 0 saturated carbocycles. The topological polar surface area (TPSA) is 144 Å². The predicted octanol–water partition coefficient (Wildman–Crippen LogP) is -0.360. The molecule has 0 unspecified atom stereocenters. The van der Waals surface area contributed by atoms with Gasteiger partial charge in [-0.15, -0.1) is 0 Å². The number of benzene rings is 1. The van der Waals surface area contributed by atoms with E-state index in [1.54, 1.807) is 24.3 Å². The van der Waals surface area contributed by atoms with Crippen LogP contribution in [-0.2, 0) is 4.74 Å². The van der Waals surface area contributed by atoms with Gasteiger partial charge in [-0.1, -0.05) is 29.9 Å². The van der Waals surface area contributed by atoms with Crippen LogP contribution in [0.2, 0.25) is 0 Å². The zero-order chi connectivity index (χ0) is 22.0. The monoisotopic (exact) mass is 428 g/mol. The fraction of sp³-hybridized carbons (Fsp3) is 0.250. The van der Waals surface area contributed by atoms with Crippen LogP contribution in [0.15, 0.2) is 47.8 Å². The number of aromatic nitrogens is 1. The summed E-state index contributed by atoms with van der Waals surface area (Å²) >= 11 is 0. The summed E-state index contributed by atoms with van der Waals surface area (Å²) in [6.45, 7) is 2.57. The van der Waals surface area contributed by atoms with E-state index in [-0.39, 0.29) is 34.2 Å². The van der Waals surface area contributed by atoms with Gasteiger partial charge < -0.3 is 24.9 Å². The molecular formula is C20H22N5O6+. The minimum absolute atomic E-state index is 0.115. The smallest absolute Gasteiger partial charge is 0.262 e. The van der Waals surface area contributed by atoms with Gasteiger partial charge in [0, 0.05) is 24.2 Å². The molecule has 1 aromatic carbocycles. The van der Waals surface area contributed by atoms with Gasteiger partial charge in [0.1, 0.15) is 11.5 Å². The quantitative estimate of drug-likeness (QED) is 0.412. The molecular weight excluding hydrogens is 406 g/mol. The van der Waals surface area contributed by atoms with Crippen LogP contribution < -0.4 is 25.8 Å². The number of anilines is 1. The van der Waals surface area contributed by atoms with Gasteiger partial charge >= 0.3 is 0 Å². The van der Waals surface area contributed by atoms with Crippen molar-refractivity contribution in [2.75, 3.05) is 38.3 Å². The Kier molecular flexibility index (Phi) is 5.71. The number of hydrogen-bond donors (Lipinski definition) is 3. The lowest BCUT2D eigenvalue weighted by atomic mass is 9.91. The average molecular weight is 428 g/mol. The Morgan fingerprint density at radius 2 is 1.81 bits per heavy atom. The maximum absolute atomic E-state index is 13.0. The fourth-order valence-electron chi connectivity index (χ4n) is 3.44. The molecule has 1 saturated heterocycles. The van der Waals surface area contributed by atoms with Crippen molar-refractivity contribution in [1.29, 1.82) is 0 Å². The van der Waals surface area contributed by atoms with Crippen molar-refractivity contribution in [2.45, 2.75) is 0 Å². The highest BCUT2D eigenvalue weighted by Gasteiger charge is 2.37. The molecule has 11 heteroatoms. The maximum atomic E-state index is 13.0. The summed E-state index contributed by atoms with van der Waals surface area (Å²) in [5, 5.41) is 10.5. The molecule has 1 aromatic heterocycles. The molecule has 0 amide bonds. The zero-order valence-electron chi connectivity index (χ0n) is 16.8. The number of nitrogens with two attached hydrogens (primary N) is 2. The van der Waals surface area contributed by atoms with Crippen molar-refractivity contribution in [3.05, 3.63) is 58.9 Å². The molecule has 1 aliphatic carbocycles. The first-order valence-electron chi connectivity index (χ1n) is 9.55. The van der Waals surface area contributed by atoms with E-state index in [9.17, 15) is 14.8 Å².